The topological polar surface area (TPSA) is 143 Å². The van der Waals surface area contributed by atoms with Crippen molar-refractivity contribution >= 4 is 46.4 Å². The van der Waals surface area contributed by atoms with Gasteiger partial charge in [-0.2, -0.15) is 5.26 Å². The summed E-state index contributed by atoms with van der Waals surface area (Å²) in [5.41, 5.74) is 1.62. The summed E-state index contributed by atoms with van der Waals surface area (Å²) in [6.07, 6.45) is -0.338. The summed E-state index contributed by atoms with van der Waals surface area (Å²) in [4.78, 5) is 55.2. The molecule has 0 spiro atoms. The fraction of sp³-hybridized carbons (Fsp3) is 0.182. The van der Waals surface area contributed by atoms with Crippen LogP contribution in [0.15, 0.2) is 78.2 Å². The first-order valence-electron chi connectivity index (χ1n) is 14.1. The van der Waals surface area contributed by atoms with Crippen LogP contribution in [0.1, 0.15) is 54.0 Å². The molecule has 3 aromatic carbocycles. The molecule has 1 aliphatic heterocycles. The zero-order valence-electron chi connectivity index (χ0n) is 24.2. The number of thiophene rings is 1. The number of rotatable bonds is 9. The molecule has 2 heterocycles. The number of aliphatic carboxylic acids is 1. The third kappa shape index (κ3) is 7.36. The van der Waals surface area contributed by atoms with Crippen LogP contribution < -0.4 is 15.5 Å². The number of carbonyl (C=O) groups excluding carboxylic acids is 3. The number of carboxylic acid groups (broad SMARTS) is 1. The minimum atomic E-state index is -1.19. The Hall–Kier alpha value is -5.61. The van der Waals surface area contributed by atoms with Crippen LogP contribution in [-0.2, 0) is 4.79 Å². The van der Waals surface area contributed by atoms with Crippen LogP contribution in [0.2, 0.25) is 0 Å². The molecular weight excluding hydrogens is 616 g/mol. The predicted molar refractivity (Wildman–Crippen MR) is 167 cm³/mol. The Balaban J connectivity index is 1.38. The van der Waals surface area contributed by atoms with Gasteiger partial charge in [0, 0.05) is 47.7 Å². The maximum Gasteiger partial charge on any atom is 0.305 e. The predicted octanol–water partition coefficient (Wildman–Crippen LogP) is 5.06. The lowest BCUT2D eigenvalue weighted by Crippen LogP contribution is -2.49. The second-order valence-electron chi connectivity index (χ2n) is 10.4. The highest BCUT2D eigenvalue weighted by Crippen LogP contribution is 2.30. The molecule has 1 saturated heterocycles. The molecule has 3 amide bonds. The molecule has 1 atom stereocenters. The number of halogens is 2. The van der Waals surface area contributed by atoms with E-state index in [1.807, 2.05) is 11.0 Å². The first-order valence-corrected chi connectivity index (χ1v) is 15.0. The SMILES string of the molecule is N#Cc1ccc(C(=O)N2CCN(c3ccc(C(=O)NC(CC(=O)O)c4cccs4)cc3NC(=O)c3ccc(F)c(F)c3)CC2)cc1. The highest BCUT2D eigenvalue weighted by Gasteiger charge is 2.26. The number of nitriles is 1. The Kier molecular flexibility index (Phi) is 9.68. The number of hydrogen-bond donors (Lipinski definition) is 3. The van der Waals surface area contributed by atoms with Crippen molar-refractivity contribution in [2.24, 2.45) is 0 Å². The number of anilines is 2. The van der Waals surface area contributed by atoms with E-state index in [1.165, 1.54) is 17.4 Å². The van der Waals surface area contributed by atoms with Crippen LogP contribution >= 0.6 is 11.3 Å². The maximum absolute atomic E-state index is 13.9. The smallest absolute Gasteiger partial charge is 0.305 e. The molecule has 46 heavy (non-hydrogen) atoms. The highest BCUT2D eigenvalue weighted by molar-refractivity contribution is 7.10. The van der Waals surface area contributed by atoms with Crippen LogP contribution in [0.5, 0.6) is 0 Å². The van der Waals surface area contributed by atoms with E-state index in [0.29, 0.717) is 47.9 Å². The van der Waals surface area contributed by atoms with E-state index in [4.69, 9.17) is 5.26 Å². The third-order valence-corrected chi connectivity index (χ3v) is 8.41. The van der Waals surface area contributed by atoms with Gasteiger partial charge in [-0.15, -0.1) is 11.3 Å². The van der Waals surface area contributed by atoms with Gasteiger partial charge in [0.25, 0.3) is 17.7 Å². The van der Waals surface area contributed by atoms with Gasteiger partial charge in [-0.3, -0.25) is 19.2 Å². The average molecular weight is 644 g/mol. The molecule has 10 nitrogen and oxygen atoms in total. The molecule has 13 heteroatoms. The minimum Gasteiger partial charge on any atom is -0.481 e. The number of piperazine rings is 1. The lowest BCUT2D eigenvalue weighted by atomic mass is 10.1. The van der Waals surface area contributed by atoms with E-state index in [1.54, 1.807) is 58.8 Å². The lowest BCUT2D eigenvalue weighted by molar-refractivity contribution is -0.137. The first-order chi connectivity index (χ1) is 22.1. The van der Waals surface area contributed by atoms with E-state index in [-0.39, 0.29) is 29.1 Å². The molecule has 0 radical (unpaired) electrons. The normalized spacial score (nSPS) is 13.4. The van der Waals surface area contributed by atoms with Crippen molar-refractivity contribution in [1.29, 1.82) is 5.26 Å². The molecule has 5 rings (SSSR count). The van der Waals surface area contributed by atoms with E-state index in [2.05, 4.69) is 10.6 Å². The Morgan fingerprint density at radius 1 is 0.870 bits per heavy atom. The lowest BCUT2D eigenvalue weighted by Gasteiger charge is -2.37. The molecule has 1 aliphatic rings. The zero-order valence-corrected chi connectivity index (χ0v) is 25.0. The van der Waals surface area contributed by atoms with E-state index >= 15 is 0 Å². The second-order valence-corrected chi connectivity index (χ2v) is 11.4. The molecule has 0 aliphatic carbocycles. The molecule has 4 aromatic rings. The zero-order chi connectivity index (χ0) is 32.8. The summed E-state index contributed by atoms with van der Waals surface area (Å²) in [6, 6.07) is 18.4. The maximum atomic E-state index is 13.9. The number of carboxylic acids is 1. The molecule has 234 valence electrons. The van der Waals surface area contributed by atoms with Gasteiger partial charge in [-0.1, -0.05) is 6.07 Å². The largest absolute Gasteiger partial charge is 0.481 e. The number of carbonyl (C=O) groups is 4. The van der Waals surface area contributed by atoms with Crippen LogP contribution in [0.25, 0.3) is 0 Å². The molecule has 1 unspecified atom stereocenters. The van der Waals surface area contributed by atoms with E-state index < -0.39 is 35.5 Å². The Bertz CT molecular complexity index is 1820. The number of amides is 3. The van der Waals surface area contributed by atoms with Crippen molar-refractivity contribution in [3.8, 4) is 6.07 Å². The van der Waals surface area contributed by atoms with Crippen molar-refractivity contribution in [2.75, 3.05) is 36.4 Å². The van der Waals surface area contributed by atoms with Crippen molar-refractivity contribution < 1.29 is 33.1 Å². The van der Waals surface area contributed by atoms with Gasteiger partial charge < -0.3 is 25.5 Å². The summed E-state index contributed by atoms with van der Waals surface area (Å²) in [5, 5.41) is 25.6. The Morgan fingerprint density at radius 3 is 2.17 bits per heavy atom. The summed E-state index contributed by atoms with van der Waals surface area (Å²) < 4.78 is 27.4. The third-order valence-electron chi connectivity index (χ3n) is 7.43. The van der Waals surface area contributed by atoms with Gasteiger partial charge in [-0.05, 0) is 72.1 Å². The van der Waals surface area contributed by atoms with Crippen LogP contribution in [0.3, 0.4) is 0 Å². The Labute approximate surface area is 266 Å². The summed E-state index contributed by atoms with van der Waals surface area (Å²) in [7, 11) is 0. The Morgan fingerprint density at radius 2 is 1.54 bits per heavy atom. The molecule has 3 N–H and O–H groups in total. The number of nitrogens with zero attached hydrogens (tertiary/aromatic N) is 3. The fourth-order valence-electron chi connectivity index (χ4n) is 5.03. The van der Waals surface area contributed by atoms with E-state index in [9.17, 15) is 33.1 Å². The fourth-order valence-corrected chi connectivity index (χ4v) is 5.81. The summed E-state index contributed by atoms with van der Waals surface area (Å²) >= 11 is 1.31. The van der Waals surface area contributed by atoms with Gasteiger partial charge in [-0.25, -0.2) is 8.78 Å². The molecule has 0 bridgehead atoms. The van der Waals surface area contributed by atoms with E-state index in [0.717, 1.165) is 18.2 Å². The van der Waals surface area contributed by atoms with Crippen LogP contribution in [-0.4, -0.2) is 59.9 Å². The van der Waals surface area contributed by atoms with Crippen molar-refractivity contribution in [3.05, 3.63) is 117 Å². The van der Waals surface area contributed by atoms with Crippen molar-refractivity contribution in [2.45, 2.75) is 12.5 Å². The molecule has 0 saturated carbocycles. The number of benzene rings is 3. The molecule has 1 fully saturated rings. The van der Waals surface area contributed by atoms with Gasteiger partial charge in [0.05, 0.1) is 35.5 Å². The van der Waals surface area contributed by atoms with Gasteiger partial charge in [0.15, 0.2) is 11.6 Å². The van der Waals surface area contributed by atoms with Crippen molar-refractivity contribution in [1.82, 2.24) is 10.2 Å². The monoisotopic (exact) mass is 643 g/mol. The van der Waals surface area contributed by atoms with Gasteiger partial charge in [0.2, 0.25) is 0 Å². The standard InChI is InChI=1S/C33H27F2N5O5S/c34-24-9-7-22(16-25(24)35)31(43)37-26-17-23(32(44)38-27(18-30(41)42)29-2-1-15-46-29)8-10-28(26)39-11-13-40(14-12-39)33(45)21-5-3-20(19-36)4-6-21/h1-10,15-17,27H,11-14,18H2,(H,37,43)(H,38,44)(H,41,42). The first kappa shape index (κ1) is 31.8. The average Bonchev–Trinajstić information content (AvgIpc) is 3.60. The molecule has 1 aromatic heterocycles. The van der Waals surface area contributed by atoms with Gasteiger partial charge in [0.1, 0.15) is 0 Å². The number of nitrogens with one attached hydrogen (secondary N) is 2. The molecular formula is C33H27F2N5O5S. The van der Waals surface area contributed by atoms with Crippen LogP contribution in [0.4, 0.5) is 20.2 Å². The van der Waals surface area contributed by atoms with Gasteiger partial charge >= 0.3 is 5.97 Å². The second kappa shape index (κ2) is 14.0. The number of hydrogen-bond acceptors (Lipinski definition) is 7. The highest BCUT2D eigenvalue weighted by atomic mass is 32.1. The van der Waals surface area contributed by atoms with Crippen LogP contribution in [0, 0.1) is 23.0 Å². The van der Waals surface area contributed by atoms with Crippen molar-refractivity contribution in [3.63, 3.8) is 0 Å². The quantitative estimate of drug-likeness (QED) is 0.232. The summed E-state index contributed by atoms with van der Waals surface area (Å²) in [6.45, 7) is 1.44. The minimum absolute atomic E-state index is 0.130. The summed E-state index contributed by atoms with van der Waals surface area (Å²) in [5.74, 6) is -4.90.